The van der Waals surface area contributed by atoms with Gasteiger partial charge >= 0.3 is 0 Å². The van der Waals surface area contributed by atoms with E-state index in [1.54, 1.807) is 4.68 Å². The summed E-state index contributed by atoms with van der Waals surface area (Å²) in [6, 6.07) is 27.1. The highest BCUT2D eigenvalue weighted by Crippen LogP contribution is 2.44. The van der Waals surface area contributed by atoms with Crippen LogP contribution >= 0.6 is 0 Å². The van der Waals surface area contributed by atoms with Crippen molar-refractivity contribution >= 4 is 11.4 Å². The Balaban J connectivity index is 1.33. The van der Waals surface area contributed by atoms with Crippen molar-refractivity contribution in [1.82, 2.24) is 25.2 Å². The number of aliphatic imine (C=N–C) groups is 1. The van der Waals surface area contributed by atoms with Crippen LogP contribution in [0.2, 0.25) is 0 Å². The van der Waals surface area contributed by atoms with E-state index < -0.39 is 0 Å². The van der Waals surface area contributed by atoms with Gasteiger partial charge in [0.1, 0.15) is 0 Å². The lowest BCUT2D eigenvalue weighted by Gasteiger charge is -2.18. The maximum Gasteiger partial charge on any atom is 0.185 e. The van der Waals surface area contributed by atoms with Gasteiger partial charge in [-0.05, 0) is 78.3 Å². The number of ether oxygens (including phenoxy) is 1. The average molecular weight is 601 g/mol. The van der Waals surface area contributed by atoms with Gasteiger partial charge in [-0.15, -0.1) is 5.10 Å². The van der Waals surface area contributed by atoms with E-state index in [1.165, 1.54) is 11.3 Å². The van der Waals surface area contributed by atoms with Gasteiger partial charge in [0.05, 0.1) is 23.7 Å². The third-order valence-electron chi connectivity index (χ3n) is 8.62. The fourth-order valence-corrected chi connectivity index (χ4v) is 6.36. The Hall–Kier alpha value is -4.53. The Morgan fingerprint density at radius 1 is 0.911 bits per heavy atom. The van der Waals surface area contributed by atoms with E-state index in [0.717, 1.165) is 70.4 Å². The highest BCUT2D eigenvalue weighted by molar-refractivity contribution is 5.99. The third kappa shape index (κ3) is 6.08. The minimum atomic E-state index is -0.277. The number of unbranched alkanes of at least 4 members (excludes halogenated alkanes) is 1. The number of hydrogen-bond acceptors (Lipinski definition) is 7. The number of tetrazole rings is 1. The van der Waals surface area contributed by atoms with Gasteiger partial charge in [0.25, 0.3) is 0 Å². The second-order valence-corrected chi connectivity index (χ2v) is 11.5. The second kappa shape index (κ2) is 13.6. The van der Waals surface area contributed by atoms with Gasteiger partial charge in [-0.25, -0.2) is 0 Å². The molecule has 0 fully saturated rings. The highest BCUT2D eigenvalue weighted by atomic mass is 16.5. The summed E-state index contributed by atoms with van der Waals surface area (Å²) >= 11 is 0. The van der Waals surface area contributed by atoms with Crippen LogP contribution in [0.5, 0.6) is 0 Å². The molecule has 3 aromatic carbocycles. The van der Waals surface area contributed by atoms with Crippen molar-refractivity contribution in [3.63, 3.8) is 0 Å². The Morgan fingerprint density at radius 3 is 2.36 bits per heavy atom. The van der Waals surface area contributed by atoms with E-state index in [2.05, 4.69) is 71.8 Å². The van der Waals surface area contributed by atoms with Crippen molar-refractivity contribution in [2.24, 2.45) is 4.99 Å². The lowest BCUT2D eigenvalue weighted by molar-refractivity contribution is 0.0159. The summed E-state index contributed by atoms with van der Waals surface area (Å²) in [7, 11) is 0. The first-order chi connectivity index (χ1) is 22.0. The maximum absolute atomic E-state index is 10.4. The van der Waals surface area contributed by atoms with Gasteiger partial charge in [-0.2, -0.15) is 4.68 Å². The number of fused-ring (bicyclic) bond motifs is 1. The molecule has 1 aliphatic rings. The fraction of sp³-hybridized carbons (Fsp3) is 0.324. The summed E-state index contributed by atoms with van der Waals surface area (Å²) in [6.07, 6.45) is 3.64. The number of benzene rings is 3. The van der Waals surface area contributed by atoms with Gasteiger partial charge in [0.15, 0.2) is 12.1 Å². The lowest BCUT2D eigenvalue weighted by Crippen LogP contribution is -2.14. The third-order valence-corrected chi connectivity index (χ3v) is 8.62. The Labute approximate surface area is 264 Å². The largest absolute Gasteiger partial charge is 0.390 e. The van der Waals surface area contributed by atoms with E-state index in [-0.39, 0.29) is 18.8 Å². The number of aromatic nitrogens is 5. The number of aliphatic hydroxyl groups excluding tert-OH is 1. The molecule has 0 bridgehead atoms. The van der Waals surface area contributed by atoms with Crippen LogP contribution in [0.25, 0.3) is 33.6 Å². The minimum Gasteiger partial charge on any atom is -0.390 e. The first-order valence-corrected chi connectivity index (χ1v) is 15.9. The average Bonchev–Trinajstić information content (AvgIpc) is 3.70. The summed E-state index contributed by atoms with van der Waals surface area (Å²) in [6.45, 7) is 8.70. The second-order valence-electron chi connectivity index (χ2n) is 11.5. The maximum atomic E-state index is 10.4. The first-order valence-electron chi connectivity index (χ1n) is 15.9. The van der Waals surface area contributed by atoms with Gasteiger partial charge < -0.3 is 9.84 Å². The van der Waals surface area contributed by atoms with Crippen molar-refractivity contribution in [2.75, 3.05) is 6.61 Å². The molecule has 8 nitrogen and oxygen atoms in total. The molecule has 45 heavy (non-hydrogen) atoms. The molecule has 0 spiro atoms. The summed E-state index contributed by atoms with van der Waals surface area (Å²) < 4.78 is 7.50. The molecular formula is C37H40N6O2. The zero-order valence-corrected chi connectivity index (χ0v) is 26.4. The Bertz CT molecular complexity index is 1800. The molecule has 5 aromatic rings. The first kappa shape index (κ1) is 30.5. The molecule has 1 N–H and O–H groups in total. The van der Waals surface area contributed by atoms with Crippen LogP contribution in [0.3, 0.4) is 0 Å². The normalized spacial score (nSPS) is 14.8. The van der Waals surface area contributed by atoms with Crippen LogP contribution in [0.1, 0.15) is 74.7 Å². The molecular weight excluding hydrogens is 560 g/mol. The Kier molecular flexibility index (Phi) is 9.23. The SMILES string of the molecule is CCCCC1=Nc2c(nc(CO)c(-c3ccccc3)c2C)C1Cc1ccc(-c2ccccc2-c2nnnn2C(C)OCC)cc1. The monoisotopic (exact) mass is 600 g/mol. The molecule has 8 heteroatoms. The lowest BCUT2D eigenvalue weighted by atomic mass is 9.87. The summed E-state index contributed by atoms with van der Waals surface area (Å²) in [5, 5.41) is 22.9. The molecule has 0 amide bonds. The molecule has 2 aromatic heterocycles. The molecule has 2 unspecified atom stereocenters. The minimum absolute atomic E-state index is 0.0724. The molecule has 0 radical (unpaired) electrons. The van der Waals surface area contributed by atoms with Crippen molar-refractivity contribution in [3.8, 4) is 33.6 Å². The topological polar surface area (TPSA) is 98.3 Å². The fourth-order valence-electron chi connectivity index (χ4n) is 6.36. The number of pyridine rings is 1. The van der Waals surface area contributed by atoms with Gasteiger partial charge in [-0.1, -0.05) is 92.2 Å². The van der Waals surface area contributed by atoms with Crippen LogP contribution in [0.15, 0.2) is 83.9 Å². The number of rotatable bonds is 12. The predicted octanol–water partition coefficient (Wildman–Crippen LogP) is 8.03. The van der Waals surface area contributed by atoms with Crippen LogP contribution in [0, 0.1) is 6.92 Å². The van der Waals surface area contributed by atoms with Crippen molar-refractivity contribution < 1.29 is 9.84 Å². The van der Waals surface area contributed by atoms with Crippen molar-refractivity contribution in [3.05, 3.63) is 101 Å². The quantitative estimate of drug-likeness (QED) is 0.156. The number of hydrogen-bond donors (Lipinski definition) is 1. The van der Waals surface area contributed by atoms with Crippen molar-refractivity contribution in [1.29, 1.82) is 0 Å². The van der Waals surface area contributed by atoms with E-state index in [4.69, 9.17) is 14.7 Å². The van der Waals surface area contributed by atoms with Gasteiger partial charge in [0.2, 0.25) is 0 Å². The van der Waals surface area contributed by atoms with Crippen LogP contribution < -0.4 is 0 Å². The molecule has 1 aliphatic heterocycles. The Morgan fingerprint density at radius 2 is 1.64 bits per heavy atom. The molecule has 3 heterocycles. The summed E-state index contributed by atoms with van der Waals surface area (Å²) in [4.78, 5) is 10.3. The molecule has 0 saturated carbocycles. The van der Waals surface area contributed by atoms with Gasteiger partial charge in [0, 0.05) is 29.4 Å². The molecule has 6 rings (SSSR count). The molecule has 0 saturated heterocycles. The van der Waals surface area contributed by atoms with Crippen LogP contribution in [-0.2, 0) is 17.8 Å². The zero-order valence-electron chi connectivity index (χ0n) is 26.4. The number of aliphatic hydroxyl groups is 1. The zero-order chi connectivity index (χ0) is 31.3. The summed E-state index contributed by atoms with van der Waals surface area (Å²) in [5.41, 5.74) is 11.3. The van der Waals surface area contributed by atoms with E-state index in [1.807, 2.05) is 50.2 Å². The smallest absolute Gasteiger partial charge is 0.185 e. The van der Waals surface area contributed by atoms with Gasteiger partial charge in [-0.3, -0.25) is 9.98 Å². The standard InChI is InChI=1S/C37H40N6O2/c1-5-7-17-32-31(36-35(38-32)24(3)34(33(23-44)39-36)28-13-9-8-10-14-28)22-26-18-20-27(21-19-26)29-15-11-12-16-30(29)37-40-41-42-43(37)25(4)45-6-2/h8-16,18-21,25,31,44H,5-7,17,22-23H2,1-4H3. The van der Waals surface area contributed by atoms with Crippen LogP contribution in [0.4, 0.5) is 5.69 Å². The van der Waals surface area contributed by atoms with E-state index >= 15 is 0 Å². The summed E-state index contributed by atoms with van der Waals surface area (Å²) in [5.74, 6) is 0.745. The molecule has 2 atom stereocenters. The van der Waals surface area contributed by atoms with Crippen LogP contribution in [-0.4, -0.2) is 42.6 Å². The molecule has 0 aliphatic carbocycles. The van der Waals surface area contributed by atoms with E-state index in [9.17, 15) is 5.11 Å². The number of nitrogens with zero attached hydrogens (tertiary/aromatic N) is 6. The van der Waals surface area contributed by atoms with Crippen molar-refractivity contribution in [2.45, 2.75) is 72.1 Å². The highest BCUT2D eigenvalue weighted by Gasteiger charge is 2.32. The predicted molar refractivity (Wildman–Crippen MR) is 178 cm³/mol. The molecule has 230 valence electrons. The van der Waals surface area contributed by atoms with E-state index in [0.29, 0.717) is 18.1 Å².